The molecule has 0 saturated carbocycles. The molecule has 0 aliphatic carbocycles. The highest BCUT2D eigenvalue weighted by Crippen LogP contribution is 2.46. The van der Waals surface area contributed by atoms with Crippen molar-refractivity contribution in [2.45, 2.75) is 24.8 Å². The summed E-state index contributed by atoms with van der Waals surface area (Å²) in [5.41, 5.74) is 2.88. The van der Waals surface area contributed by atoms with Crippen molar-refractivity contribution in [1.82, 2.24) is 14.1 Å². The van der Waals surface area contributed by atoms with Crippen LogP contribution in [0.2, 0.25) is 0 Å². The molecule has 1 N–H and O–H groups in total. The number of hydrogen-bond donors (Lipinski definition) is 1. The number of aliphatic hydroxyl groups is 1. The summed E-state index contributed by atoms with van der Waals surface area (Å²) in [6.07, 6.45) is 0.152. The van der Waals surface area contributed by atoms with Gasteiger partial charge in [0, 0.05) is 47.3 Å². The lowest BCUT2D eigenvalue weighted by molar-refractivity contribution is -0.183. The van der Waals surface area contributed by atoms with Gasteiger partial charge in [0.1, 0.15) is 12.2 Å². The SMILES string of the molecule is O=C1c2c(OC3OC(O)c4ccccc43)c(=O)ccn2N(C2c3ccccc3-n3cccc3-c3c2ccc(F)c3F)C2COCCN12. The first-order valence-corrected chi connectivity index (χ1v) is 15.2. The molecule has 0 bridgehead atoms. The molecule has 4 atom stereocenters. The van der Waals surface area contributed by atoms with Gasteiger partial charge in [0.2, 0.25) is 17.5 Å². The number of pyridine rings is 1. The van der Waals surface area contributed by atoms with E-state index in [1.807, 2.05) is 33.8 Å². The minimum atomic E-state index is -1.28. The summed E-state index contributed by atoms with van der Waals surface area (Å²) < 4.78 is 52.1. The molecule has 10 nitrogen and oxygen atoms in total. The van der Waals surface area contributed by atoms with Crippen LogP contribution < -0.4 is 15.2 Å². The van der Waals surface area contributed by atoms with E-state index >= 15 is 4.39 Å². The lowest BCUT2D eigenvalue weighted by atomic mass is 9.91. The minimum Gasteiger partial charge on any atom is -0.454 e. The maximum absolute atomic E-state index is 16.0. The molecule has 1 amide bonds. The Morgan fingerprint density at radius 1 is 0.851 bits per heavy atom. The first-order chi connectivity index (χ1) is 22.9. The van der Waals surface area contributed by atoms with Crippen LogP contribution in [0.1, 0.15) is 51.4 Å². The summed E-state index contributed by atoms with van der Waals surface area (Å²) in [5.74, 6) is -2.71. The number of ether oxygens (including phenoxy) is 3. The van der Waals surface area contributed by atoms with Crippen molar-refractivity contribution >= 4 is 5.91 Å². The fourth-order valence-electron chi connectivity index (χ4n) is 7.29. The van der Waals surface area contributed by atoms with Crippen LogP contribution in [0.15, 0.2) is 96.1 Å². The number of hydrogen-bond acceptors (Lipinski definition) is 7. The van der Waals surface area contributed by atoms with E-state index in [4.69, 9.17) is 14.2 Å². The molecule has 3 aromatic carbocycles. The highest BCUT2D eigenvalue weighted by molar-refractivity contribution is 5.97. The Labute approximate surface area is 266 Å². The second kappa shape index (κ2) is 10.4. The molecule has 4 unspecified atom stereocenters. The van der Waals surface area contributed by atoms with Crippen LogP contribution in [-0.4, -0.2) is 51.1 Å². The topological polar surface area (TPSA) is 98.4 Å². The molecule has 47 heavy (non-hydrogen) atoms. The number of aliphatic hydroxyl groups excluding tert-OH is 1. The number of benzene rings is 3. The van der Waals surface area contributed by atoms with Gasteiger partial charge in [-0.1, -0.05) is 48.5 Å². The maximum Gasteiger partial charge on any atom is 0.278 e. The van der Waals surface area contributed by atoms with Crippen molar-refractivity contribution < 1.29 is 32.9 Å². The molecule has 5 aromatic rings. The number of carbonyl (C=O) groups excluding carboxylic acids is 1. The number of fused-ring (bicyclic) bond motifs is 8. The smallest absolute Gasteiger partial charge is 0.278 e. The number of morpholine rings is 1. The molecular formula is C35H26F2N4O6. The Hall–Kier alpha value is -5.30. The first-order valence-electron chi connectivity index (χ1n) is 15.2. The van der Waals surface area contributed by atoms with Crippen molar-refractivity contribution in [2.75, 3.05) is 24.8 Å². The van der Waals surface area contributed by atoms with Crippen LogP contribution in [0.3, 0.4) is 0 Å². The van der Waals surface area contributed by atoms with Gasteiger partial charge in [-0.15, -0.1) is 0 Å². The minimum absolute atomic E-state index is 0.0661. The fourth-order valence-corrected chi connectivity index (χ4v) is 7.29. The van der Waals surface area contributed by atoms with Gasteiger partial charge in [0.25, 0.3) is 5.91 Å². The summed E-state index contributed by atoms with van der Waals surface area (Å²) >= 11 is 0. The largest absolute Gasteiger partial charge is 0.454 e. The molecule has 1 fully saturated rings. The zero-order chi connectivity index (χ0) is 32.0. The Morgan fingerprint density at radius 3 is 2.49 bits per heavy atom. The second-order valence-electron chi connectivity index (χ2n) is 11.8. The Morgan fingerprint density at radius 2 is 1.64 bits per heavy atom. The molecule has 6 heterocycles. The molecule has 1 saturated heterocycles. The lowest BCUT2D eigenvalue weighted by Crippen LogP contribution is -2.66. The number of rotatable bonds is 3. The summed E-state index contributed by atoms with van der Waals surface area (Å²) in [7, 11) is 0. The van der Waals surface area contributed by atoms with E-state index in [0.717, 1.165) is 17.3 Å². The van der Waals surface area contributed by atoms with Crippen LogP contribution in [0, 0.1) is 11.6 Å². The van der Waals surface area contributed by atoms with E-state index in [0.29, 0.717) is 22.4 Å². The molecule has 2 aromatic heterocycles. The van der Waals surface area contributed by atoms with Gasteiger partial charge in [0.05, 0.1) is 24.6 Å². The normalized spacial score (nSPS) is 22.4. The average molecular weight is 637 g/mol. The molecule has 4 aliphatic rings. The third-order valence-electron chi connectivity index (χ3n) is 9.33. The number of nitrogens with zero attached hydrogens (tertiary/aromatic N) is 4. The van der Waals surface area contributed by atoms with Crippen molar-refractivity contribution in [3.8, 4) is 22.7 Å². The quantitative estimate of drug-likeness (QED) is 0.311. The summed E-state index contributed by atoms with van der Waals surface area (Å²) in [4.78, 5) is 29.5. The standard InChI is InChI=1S/C35H26F2N4O6/c36-23-12-11-22-28(29(23)37)25-10-5-14-38(25)24-9-4-3-8-21(24)30(22)41-27-18-45-17-16-39(27)33(43)31-32(26(42)13-15-40(31)41)46-35-20-7-2-1-6-19(20)34(44)47-35/h1-15,27,30,34-35,44H,16-18H2. The first kappa shape index (κ1) is 28.0. The average Bonchev–Trinajstić information content (AvgIpc) is 3.67. The van der Waals surface area contributed by atoms with Gasteiger partial charge >= 0.3 is 0 Å². The molecule has 236 valence electrons. The molecule has 4 aliphatic heterocycles. The maximum atomic E-state index is 16.0. The second-order valence-corrected chi connectivity index (χ2v) is 11.8. The predicted molar refractivity (Wildman–Crippen MR) is 163 cm³/mol. The lowest BCUT2D eigenvalue weighted by Gasteiger charge is -2.51. The predicted octanol–water partition coefficient (Wildman–Crippen LogP) is 4.54. The van der Waals surface area contributed by atoms with Crippen LogP contribution in [0.4, 0.5) is 8.78 Å². The third kappa shape index (κ3) is 3.98. The van der Waals surface area contributed by atoms with Gasteiger partial charge in [-0.25, -0.2) is 8.78 Å². The van der Waals surface area contributed by atoms with Crippen LogP contribution in [0.25, 0.3) is 16.9 Å². The van der Waals surface area contributed by atoms with E-state index < -0.39 is 47.8 Å². The molecule has 12 heteroatoms. The van der Waals surface area contributed by atoms with E-state index in [1.54, 1.807) is 58.2 Å². The Balaban J connectivity index is 1.29. The highest BCUT2D eigenvalue weighted by atomic mass is 19.2. The van der Waals surface area contributed by atoms with Gasteiger partial charge in [-0.3, -0.25) is 19.3 Å². The summed E-state index contributed by atoms with van der Waals surface area (Å²) in [6, 6.07) is 21.1. The van der Waals surface area contributed by atoms with Crippen molar-refractivity contribution in [1.29, 1.82) is 0 Å². The number of amides is 1. The summed E-state index contributed by atoms with van der Waals surface area (Å²) in [5, 5.41) is 12.4. The van der Waals surface area contributed by atoms with Gasteiger partial charge < -0.3 is 28.8 Å². The molecular weight excluding hydrogens is 610 g/mol. The summed E-state index contributed by atoms with van der Waals surface area (Å²) in [6.45, 7) is 0.587. The van der Waals surface area contributed by atoms with E-state index in [9.17, 15) is 19.1 Å². The van der Waals surface area contributed by atoms with E-state index in [1.165, 1.54) is 12.3 Å². The van der Waals surface area contributed by atoms with E-state index in [2.05, 4.69) is 0 Å². The number of halogens is 2. The van der Waals surface area contributed by atoms with Crippen LogP contribution in [-0.2, 0) is 9.47 Å². The highest BCUT2D eigenvalue weighted by Gasteiger charge is 2.47. The third-order valence-corrected chi connectivity index (χ3v) is 9.33. The fraction of sp³-hybridized carbons (Fsp3) is 0.200. The van der Waals surface area contributed by atoms with Gasteiger partial charge in [-0.05, 0) is 29.8 Å². The Kier molecular flexibility index (Phi) is 6.16. The molecule has 0 spiro atoms. The van der Waals surface area contributed by atoms with Crippen molar-refractivity contribution in [2.24, 2.45) is 0 Å². The number of aromatic nitrogens is 2. The van der Waals surface area contributed by atoms with Gasteiger partial charge in [0.15, 0.2) is 23.6 Å². The molecule has 9 rings (SSSR count). The zero-order valence-electron chi connectivity index (χ0n) is 24.6. The van der Waals surface area contributed by atoms with Crippen molar-refractivity contribution in [3.05, 3.63) is 141 Å². The molecule has 0 radical (unpaired) electrons. The van der Waals surface area contributed by atoms with Crippen LogP contribution in [0.5, 0.6) is 5.75 Å². The zero-order valence-corrected chi connectivity index (χ0v) is 24.6. The Bertz CT molecular complexity index is 2160. The number of para-hydroxylation sites is 1. The number of carbonyl (C=O) groups is 1. The van der Waals surface area contributed by atoms with E-state index in [-0.39, 0.29) is 36.8 Å². The monoisotopic (exact) mass is 636 g/mol. The van der Waals surface area contributed by atoms with Gasteiger partial charge in [-0.2, -0.15) is 0 Å². The van der Waals surface area contributed by atoms with Crippen molar-refractivity contribution in [3.63, 3.8) is 0 Å². The van der Waals surface area contributed by atoms with Crippen LogP contribution >= 0.6 is 0 Å².